The highest BCUT2D eigenvalue weighted by molar-refractivity contribution is 6.41. The Balaban J connectivity index is 2.28. The third-order valence-electron chi connectivity index (χ3n) is 2.31. The number of carbonyl (C=O) groups is 1. The minimum absolute atomic E-state index is 0.205. The number of aromatic nitrogens is 1. The molecule has 0 unspecified atom stereocenters. The predicted molar refractivity (Wildman–Crippen MR) is 57.0 cm³/mol. The van der Waals surface area contributed by atoms with Gasteiger partial charge in [-0.15, -0.1) is 0 Å². The van der Waals surface area contributed by atoms with Crippen molar-refractivity contribution in [2.75, 3.05) is 13.2 Å². The van der Waals surface area contributed by atoms with Crippen LogP contribution in [0.15, 0.2) is 6.07 Å². The zero-order chi connectivity index (χ0) is 11.0. The van der Waals surface area contributed by atoms with Crippen molar-refractivity contribution in [3.8, 4) is 0 Å². The lowest BCUT2D eigenvalue weighted by atomic mass is 10.4. The van der Waals surface area contributed by atoms with Crippen LogP contribution < -0.4 is 0 Å². The van der Waals surface area contributed by atoms with E-state index in [1.165, 1.54) is 5.06 Å². The summed E-state index contributed by atoms with van der Waals surface area (Å²) in [6, 6.07) is 1.55. The van der Waals surface area contributed by atoms with Crippen molar-refractivity contribution in [3.63, 3.8) is 0 Å². The fraction of sp³-hybridized carbons (Fsp3) is 0.444. The SMILES string of the molecule is Cn1c(C(=O)N2CCCO2)cc(Cl)c1Cl. The molecular weight excluding hydrogens is 239 g/mol. The van der Waals surface area contributed by atoms with Gasteiger partial charge >= 0.3 is 0 Å². The van der Waals surface area contributed by atoms with Gasteiger partial charge in [0.25, 0.3) is 5.91 Å². The number of carbonyl (C=O) groups excluding carboxylic acids is 1. The van der Waals surface area contributed by atoms with Gasteiger partial charge in [0, 0.05) is 7.05 Å². The molecular formula is C9H10Cl2N2O2. The van der Waals surface area contributed by atoms with Crippen molar-refractivity contribution in [3.05, 3.63) is 21.9 Å². The lowest BCUT2D eigenvalue weighted by molar-refractivity contribution is -0.0773. The summed E-state index contributed by atoms with van der Waals surface area (Å²) in [4.78, 5) is 17.1. The van der Waals surface area contributed by atoms with Gasteiger partial charge in [0.05, 0.1) is 18.2 Å². The molecule has 4 nitrogen and oxygen atoms in total. The Hall–Kier alpha value is -0.710. The second-order valence-electron chi connectivity index (χ2n) is 3.32. The van der Waals surface area contributed by atoms with Crippen molar-refractivity contribution in [1.29, 1.82) is 0 Å². The molecule has 1 aliphatic heterocycles. The number of halogens is 2. The van der Waals surface area contributed by atoms with E-state index in [1.807, 2.05) is 0 Å². The quantitative estimate of drug-likeness (QED) is 0.763. The topological polar surface area (TPSA) is 34.5 Å². The maximum absolute atomic E-state index is 11.9. The average molecular weight is 249 g/mol. The molecule has 1 saturated heterocycles. The molecule has 1 fully saturated rings. The van der Waals surface area contributed by atoms with Gasteiger partial charge in [-0.1, -0.05) is 23.2 Å². The Morgan fingerprint density at radius 1 is 1.53 bits per heavy atom. The highest BCUT2D eigenvalue weighted by Crippen LogP contribution is 2.26. The van der Waals surface area contributed by atoms with Crippen LogP contribution in [-0.2, 0) is 11.9 Å². The van der Waals surface area contributed by atoms with Crippen molar-refractivity contribution in [1.82, 2.24) is 9.63 Å². The van der Waals surface area contributed by atoms with Crippen LogP contribution in [0, 0.1) is 0 Å². The minimum Gasteiger partial charge on any atom is -0.329 e. The molecule has 1 aliphatic rings. The van der Waals surface area contributed by atoms with Gasteiger partial charge in [-0.2, -0.15) is 0 Å². The molecule has 0 atom stereocenters. The van der Waals surface area contributed by atoms with Crippen LogP contribution in [0.5, 0.6) is 0 Å². The van der Waals surface area contributed by atoms with Crippen LogP contribution in [-0.4, -0.2) is 28.7 Å². The molecule has 1 amide bonds. The second kappa shape index (κ2) is 4.04. The summed E-state index contributed by atoms with van der Waals surface area (Å²) in [5.41, 5.74) is 0.437. The van der Waals surface area contributed by atoms with E-state index in [9.17, 15) is 4.79 Å². The van der Waals surface area contributed by atoms with Crippen molar-refractivity contribution in [2.24, 2.45) is 7.05 Å². The van der Waals surface area contributed by atoms with Crippen molar-refractivity contribution < 1.29 is 9.63 Å². The Kier molecular flexibility index (Phi) is 2.91. The molecule has 1 aromatic heterocycles. The summed E-state index contributed by atoms with van der Waals surface area (Å²) in [5, 5.41) is 2.07. The highest BCUT2D eigenvalue weighted by Gasteiger charge is 2.24. The van der Waals surface area contributed by atoms with Crippen LogP contribution in [0.3, 0.4) is 0 Å². The Morgan fingerprint density at radius 3 is 2.73 bits per heavy atom. The molecule has 15 heavy (non-hydrogen) atoms. The van der Waals surface area contributed by atoms with Gasteiger partial charge in [-0.25, -0.2) is 5.06 Å². The number of hydroxylamine groups is 2. The molecule has 0 N–H and O–H groups in total. The van der Waals surface area contributed by atoms with E-state index < -0.39 is 0 Å². The van der Waals surface area contributed by atoms with Crippen LogP contribution in [0.1, 0.15) is 16.9 Å². The standard InChI is InChI=1S/C9H10Cl2N2O2/c1-12-7(5-6(10)8(12)11)9(14)13-3-2-4-15-13/h5H,2-4H2,1H3. The summed E-state index contributed by atoms with van der Waals surface area (Å²) >= 11 is 11.7. The molecule has 0 saturated carbocycles. The van der Waals surface area contributed by atoms with Gasteiger partial charge in [0.2, 0.25) is 0 Å². The molecule has 82 valence electrons. The number of amides is 1. The Morgan fingerprint density at radius 2 is 2.27 bits per heavy atom. The molecule has 0 spiro atoms. The van der Waals surface area contributed by atoms with Gasteiger partial charge in [-0.05, 0) is 12.5 Å². The Bertz CT molecular complexity index is 397. The smallest absolute Gasteiger partial charge is 0.294 e. The normalized spacial score (nSPS) is 16.1. The maximum Gasteiger partial charge on any atom is 0.294 e. The number of hydrogen-bond acceptors (Lipinski definition) is 2. The minimum atomic E-state index is -0.205. The lowest BCUT2D eigenvalue weighted by Crippen LogP contribution is -2.28. The summed E-state index contributed by atoms with van der Waals surface area (Å²) in [6.07, 6.45) is 0.859. The van der Waals surface area contributed by atoms with E-state index >= 15 is 0 Å². The lowest BCUT2D eigenvalue weighted by Gasteiger charge is -2.13. The van der Waals surface area contributed by atoms with Gasteiger partial charge in [0.1, 0.15) is 10.8 Å². The molecule has 0 bridgehead atoms. The van der Waals surface area contributed by atoms with E-state index in [2.05, 4.69) is 0 Å². The van der Waals surface area contributed by atoms with Crippen LogP contribution in [0.2, 0.25) is 10.2 Å². The molecule has 0 radical (unpaired) electrons. The maximum atomic E-state index is 11.9. The van der Waals surface area contributed by atoms with Crippen LogP contribution in [0.4, 0.5) is 0 Å². The molecule has 0 aromatic carbocycles. The second-order valence-corrected chi connectivity index (χ2v) is 4.09. The highest BCUT2D eigenvalue weighted by atomic mass is 35.5. The fourth-order valence-electron chi connectivity index (χ4n) is 1.48. The van der Waals surface area contributed by atoms with E-state index in [0.29, 0.717) is 29.0 Å². The number of rotatable bonds is 1. The molecule has 1 aromatic rings. The average Bonchev–Trinajstić information content (AvgIpc) is 2.82. The summed E-state index contributed by atoms with van der Waals surface area (Å²) < 4.78 is 1.55. The first-order valence-electron chi connectivity index (χ1n) is 4.56. The first-order chi connectivity index (χ1) is 7.11. The summed E-state index contributed by atoms with van der Waals surface area (Å²) in [6.45, 7) is 1.19. The molecule has 2 heterocycles. The van der Waals surface area contributed by atoms with E-state index in [4.69, 9.17) is 28.0 Å². The number of hydrogen-bond donors (Lipinski definition) is 0. The Labute approximate surface area is 97.3 Å². The summed E-state index contributed by atoms with van der Waals surface area (Å²) in [7, 11) is 1.69. The molecule has 6 heteroatoms. The fourth-order valence-corrected chi connectivity index (χ4v) is 1.86. The van der Waals surface area contributed by atoms with Gasteiger partial charge in [-0.3, -0.25) is 9.63 Å². The van der Waals surface area contributed by atoms with Crippen LogP contribution in [0.25, 0.3) is 0 Å². The first-order valence-corrected chi connectivity index (χ1v) is 5.32. The van der Waals surface area contributed by atoms with Crippen LogP contribution >= 0.6 is 23.2 Å². The summed E-state index contributed by atoms with van der Waals surface area (Å²) in [5.74, 6) is -0.205. The predicted octanol–water partition coefficient (Wildman–Crippen LogP) is 2.11. The van der Waals surface area contributed by atoms with Gasteiger partial charge in [0.15, 0.2) is 0 Å². The van der Waals surface area contributed by atoms with Gasteiger partial charge < -0.3 is 4.57 Å². The molecule has 0 aliphatic carbocycles. The first kappa shape index (κ1) is 10.8. The van der Waals surface area contributed by atoms with Crippen molar-refractivity contribution in [2.45, 2.75) is 6.42 Å². The third-order valence-corrected chi connectivity index (χ3v) is 3.16. The van der Waals surface area contributed by atoms with E-state index in [0.717, 1.165) is 6.42 Å². The number of nitrogens with zero attached hydrogens (tertiary/aromatic N) is 2. The monoisotopic (exact) mass is 248 g/mol. The zero-order valence-corrected chi connectivity index (χ0v) is 9.68. The largest absolute Gasteiger partial charge is 0.329 e. The van der Waals surface area contributed by atoms with E-state index in [-0.39, 0.29) is 5.91 Å². The molecule has 2 rings (SSSR count). The zero-order valence-electron chi connectivity index (χ0n) is 8.17. The van der Waals surface area contributed by atoms with E-state index in [1.54, 1.807) is 17.7 Å². The van der Waals surface area contributed by atoms with Crippen molar-refractivity contribution >= 4 is 29.1 Å². The third kappa shape index (κ3) is 1.85.